The molecular weight excluding hydrogens is 118 g/mol. The van der Waals surface area contributed by atoms with Crippen LogP contribution in [-0.4, -0.2) is 18.1 Å². The fourth-order valence-electron chi connectivity index (χ4n) is 0.315. The fraction of sp³-hybridized carbons (Fsp3) is 0.800. The zero-order valence-corrected chi connectivity index (χ0v) is 5.77. The number of primary amides is 1. The molecule has 0 saturated carbocycles. The first kappa shape index (κ1) is 8.39. The smallest absolute Gasteiger partial charge is 0.231 e. The largest absolute Gasteiger partial charge is 0.369 e. The number of amides is 1. The molecule has 0 saturated heterocycles. The summed E-state index contributed by atoms with van der Waals surface area (Å²) < 4.78 is 0. The van der Waals surface area contributed by atoms with E-state index in [-0.39, 0.29) is 6.54 Å². The van der Waals surface area contributed by atoms with Gasteiger partial charge >= 0.3 is 0 Å². The average Bonchev–Trinajstić information content (AvgIpc) is 1.59. The van der Waals surface area contributed by atoms with Crippen molar-refractivity contribution in [2.24, 2.45) is 11.5 Å². The standard InChI is InChI=1S/C5H13N3O/c1-5(2,7)8-3-4(6)9/h8H,3,7H2,1-2H3,(H2,6,9). The van der Waals surface area contributed by atoms with E-state index in [1.807, 2.05) is 0 Å². The van der Waals surface area contributed by atoms with Gasteiger partial charge in [-0.3, -0.25) is 10.1 Å². The van der Waals surface area contributed by atoms with Gasteiger partial charge in [-0.25, -0.2) is 0 Å². The lowest BCUT2D eigenvalue weighted by atomic mass is 10.3. The molecule has 0 aliphatic rings. The third-order valence-corrected chi connectivity index (χ3v) is 0.718. The van der Waals surface area contributed by atoms with Crippen molar-refractivity contribution in [2.45, 2.75) is 19.5 Å². The molecule has 0 spiro atoms. The predicted molar refractivity (Wildman–Crippen MR) is 35.5 cm³/mol. The fourth-order valence-corrected chi connectivity index (χ4v) is 0.315. The minimum absolute atomic E-state index is 0.128. The van der Waals surface area contributed by atoms with E-state index in [0.717, 1.165) is 0 Å². The van der Waals surface area contributed by atoms with Gasteiger partial charge in [0.05, 0.1) is 12.2 Å². The molecule has 0 aromatic heterocycles. The van der Waals surface area contributed by atoms with Crippen molar-refractivity contribution < 1.29 is 4.79 Å². The van der Waals surface area contributed by atoms with Crippen LogP contribution in [0.25, 0.3) is 0 Å². The Labute approximate surface area is 54.6 Å². The van der Waals surface area contributed by atoms with Crippen molar-refractivity contribution >= 4 is 5.91 Å². The van der Waals surface area contributed by atoms with E-state index >= 15 is 0 Å². The normalized spacial score (nSPS) is 11.4. The van der Waals surface area contributed by atoms with Gasteiger partial charge < -0.3 is 11.5 Å². The summed E-state index contributed by atoms with van der Waals surface area (Å²) in [4.78, 5) is 10.2. The van der Waals surface area contributed by atoms with E-state index in [4.69, 9.17) is 11.5 Å². The van der Waals surface area contributed by atoms with Crippen LogP contribution in [0.1, 0.15) is 13.8 Å². The Morgan fingerprint density at radius 3 is 2.22 bits per heavy atom. The molecule has 0 bridgehead atoms. The Hall–Kier alpha value is -0.610. The molecule has 54 valence electrons. The van der Waals surface area contributed by atoms with Crippen LogP contribution in [0.5, 0.6) is 0 Å². The van der Waals surface area contributed by atoms with Gasteiger partial charge in [-0.1, -0.05) is 0 Å². The van der Waals surface area contributed by atoms with Crippen LogP contribution in [-0.2, 0) is 4.79 Å². The topological polar surface area (TPSA) is 81.1 Å². The summed E-state index contributed by atoms with van der Waals surface area (Å²) in [7, 11) is 0. The number of nitrogens with two attached hydrogens (primary N) is 2. The number of rotatable bonds is 3. The van der Waals surface area contributed by atoms with Gasteiger partial charge in [-0.15, -0.1) is 0 Å². The Morgan fingerprint density at radius 2 is 2.11 bits per heavy atom. The molecule has 4 nitrogen and oxygen atoms in total. The molecule has 0 heterocycles. The Bertz CT molecular complexity index is 105. The highest BCUT2D eigenvalue weighted by molar-refractivity contribution is 5.75. The molecule has 0 atom stereocenters. The molecule has 4 heteroatoms. The molecule has 0 fully saturated rings. The van der Waals surface area contributed by atoms with Crippen molar-refractivity contribution in [3.63, 3.8) is 0 Å². The number of carbonyl (C=O) groups is 1. The van der Waals surface area contributed by atoms with Crippen LogP contribution in [0.2, 0.25) is 0 Å². The first-order chi connectivity index (χ1) is 3.92. The highest BCUT2D eigenvalue weighted by atomic mass is 16.1. The molecule has 0 aliphatic carbocycles. The monoisotopic (exact) mass is 131 g/mol. The maximum absolute atomic E-state index is 10.2. The highest BCUT2D eigenvalue weighted by Crippen LogP contribution is 1.86. The van der Waals surface area contributed by atoms with E-state index in [2.05, 4.69) is 5.32 Å². The second-order valence-electron chi connectivity index (χ2n) is 2.54. The molecule has 0 rings (SSSR count). The van der Waals surface area contributed by atoms with Crippen LogP contribution in [0.4, 0.5) is 0 Å². The number of nitrogens with one attached hydrogen (secondary N) is 1. The lowest BCUT2D eigenvalue weighted by molar-refractivity contribution is -0.117. The van der Waals surface area contributed by atoms with Gasteiger partial charge in [0.1, 0.15) is 0 Å². The Balaban J connectivity index is 3.39. The summed E-state index contributed by atoms with van der Waals surface area (Å²) in [5.41, 5.74) is 9.79. The highest BCUT2D eigenvalue weighted by Gasteiger charge is 2.08. The molecule has 0 aliphatic heterocycles. The van der Waals surface area contributed by atoms with Crippen LogP contribution in [0.3, 0.4) is 0 Å². The van der Waals surface area contributed by atoms with Gasteiger partial charge in [0.2, 0.25) is 5.91 Å². The summed E-state index contributed by atoms with van der Waals surface area (Å²) in [5.74, 6) is -0.395. The minimum atomic E-state index is -0.519. The molecule has 0 aromatic carbocycles. The first-order valence-electron chi connectivity index (χ1n) is 2.74. The summed E-state index contributed by atoms with van der Waals surface area (Å²) >= 11 is 0. The molecule has 5 N–H and O–H groups in total. The van der Waals surface area contributed by atoms with E-state index in [1.165, 1.54) is 0 Å². The molecule has 0 radical (unpaired) electrons. The molecule has 9 heavy (non-hydrogen) atoms. The first-order valence-corrected chi connectivity index (χ1v) is 2.74. The third kappa shape index (κ3) is 7.39. The third-order valence-electron chi connectivity index (χ3n) is 0.718. The maximum atomic E-state index is 10.2. The van der Waals surface area contributed by atoms with Gasteiger partial charge in [0.25, 0.3) is 0 Å². The van der Waals surface area contributed by atoms with Crippen LogP contribution >= 0.6 is 0 Å². The lowest BCUT2D eigenvalue weighted by Gasteiger charge is -2.18. The van der Waals surface area contributed by atoms with Crippen molar-refractivity contribution in [3.8, 4) is 0 Å². The minimum Gasteiger partial charge on any atom is -0.369 e. The van der Waals surface area contributed by atoms with Crippen molar-refractivity contribution in [3.05, 3.63) is 0 Å². The van der Waals surface area contributed by atoms with Crippen LogP contribution in [0, 0.1) is 0 Å². The predicted octanol–water partition coefficient (Wildman–Crippen LogP) is -1.24. The van der Waals surface area contributed by atoms with Gasteiger partial charge in [-0.05, 0) is 13.8 Å². The van der Waals surface area contributed by atoms with E-state index in [1.54, 1.807) is 13.8 Å². The van der Waals surface area contributed by atoms with E-state index < -0.39 is 11.6 Å². The maximum Gasteiger partial charge on any atom is 0.231 e. The van der Waals surface area contributed by atoms with E-state index in [0.29, 0.717) is 0 Å². The van der Waals surface area contributed by atoms with Gasteiger partial charge in [0.15, 0.2) is 0 Å². The summed E-state index contributed by atoms with van der Waals surface area (Å²) in [6.07, 6.45) is 0. The van der Waals surface area contributed by atoms with E-state index in [9.17, 15) is 4.79 Å². The van der Waals surface area contributed by atoms with Gasteiger partial charge in [0, 0.05) is 0 Å². The Kier molecular flexibility index (Phi) is 2.61. The average molecular weight is 131 g/mol. The number of hydrogen-bond acceptors (Lipinski definition) is 3. The zero-order valence-electron chi connectivity index (χ0n) is 5.77. The van der Waals surface area contributed by atoms with Crippen LogP contribution < -0.4 is 16.8 Å². The summed E-state index contributed by atoms with van der Waals surface area (Å²) in [5, 5.41) is 2.72. The van der Waals surface area contributed by atoms with Crippen molar-refractivity contribution in [2.75, 3.05) is 6.54 Å². The summed E-state index contributed by atoms with van der Waals surface area (Å²) in [6, 6.07) is 0. The summed E-state index contributed by atoms with van der Waals surface area (Å²) in [6.45, 7) is 3.65. The molecule has 1 amide bonds. The van der Waals surface area contributed by atoms with Crippen LogP contribution in [0.15, 0.2) is 0 Å². The second kappa shape index (κ2) is 2.80. The lowest BCUT2D eigenvalue weighted by Crippen LogP contribution is -2.50. The molecule has 0 aromatic rings. The molecular formula is C5H13N3O. The Morgan fingerprint density at radius 1 is 1.67 bits per heavy atom. The van der Waals surface area contributed by atoms with Crippen molar-refractivity contribution in [1.82, 2.24) is 5.32 Å². The van der Waals surface area contributed by atoms with Gasteiger partial charge in [-0.2, -0.15) is 0 Å². The SMILES string of the molecule is CC(C)(N)NCC(N)=O. The molecule has 0 unspecified atom stereocenters. The second-order valence-corrected chi connectivity index (χ2v) is 2.54. The zero-order chi connectivity index (χ0) is 7.49. The quantitative estimate of drug-likeness (QED) is 0.419. The van der Waals surface area contributed by atoms with Crippen molar-refractivity contribution in [1.29, 1.82) is 0 Å². The number of carbonyl (C=O) groups excluding carboxylic acids is 1. The number of hydrogen-bond donors (Lipinski definition) is 3.